The fourth-order valence-corrected chi connectivity index (χ4v) is 4.20. The van der Waals surface area contributed by atoms with E-state index in [9.17, 15) is 19.2 Å². The van der Waals surface area contributed by atoms with Gasteiger partial charge < -0.3 is 18.9 Å². The van der Waals surface area contributed by atoms with Crippen molar-refractivity contribution in [1.82, 2.24) is 0 Å². The third kappa shape index (κ3) is 9.43. The summed E-state index contributed by atoms with van der Waals surface area (Å²) in [7, 11) is 0. The highest BCUT2D eigenvalue weighted by molar-refractivity contribution is 5.94. The molecule has 0 unspecified atom stereocenters. The predicted molar refractivity (Wildman–Crippen MR) is 191 cm³/mol. The largest absolute Gasteiger partial charge is 0.423 e. The van der Waals surface area contributed by atoms with Crippen LogP contribution in [0.3, 0.4) is 0 Å². The van der Waals surface area contributed by atoms with Gasteiger partial charge >= 0.3 is 23.9 Å². The van der Waals surface area contributed by atoms with Gasteiger partial charge in [0.05, 0.1) is 11.1 Å². The molecule has 8 nitrogen and oxygen atoms in total. The minimum absolute atomic E-state index is 0.0121. The van der Waals surface area contributed by atoms with Crippen LogP contribution in [0.4, 0.5) is 4.39 Å². The molecule has 0 saturated heterocycles. The predicted octanol–water partition coefficient (Wildman–Crippen LogP) is 8.49. The van der Waals surface area contributed by atoms with Crippen molar-refractivity contribution in [3.8, 4) is 57.1 Å². The van der Waals surface area contributed by atoms with Crippen molar-refractivity contribution in [1.29, 1.82) is 0 Å². The van der Waals surface area contributed by atoms with Gasteiger partial charge in [0.2, 0.25) is 0 Å². The third-order valence-electron chi connectivity index (χ3n) is 6.95. The maximum Gasteiger partial charge on any atom is 0.338 e. The van der Waals surface area contributed by atoms with Gasteiger partial charge in [0.1, 0.15) is 17.2 Å². The molecule has 4 aromatic carbocycles. The number of rotatable bonds is 10. The molecule has 4 aromatic rings. The van der Waals surface area contributed by atoms with Crippen molar-refractivity contribution < 1.29 is 42.5 Å². The number of benzene rings is 4. The lowest BCUT2D eigenvalue weighted by Crippen LogP contribution is -2.14. The van der Waals surface area contributed by atoms with Crippen molar-refractivity contribution in [2.24, 2.45) is 0 Å². The van der Waals surface area contributed by atoms with Crippen molar-refractivity contribution in [2.75, 3.05) is 0 Å². The Labute approximate surface area is 295 Å². The van der Waals surface area contributed by atoms with Crippen LogP contribution in [-0.2, 0) is 19.2 Å². The van der Waals surface area contributed by atoms with Gasteiger partial charge in [0.25, 0.3) is 0 Å². The minimum atomic E-state index is -0.996. The first-order valence-electron chi connectivity index (χ1n) is 15.3. The second-order valence-corrected chi connectivity index (χ2v) is 11.5. The Kier molecular flexibility index (Phi) is 11.7. The molecule has 0 fully saturated rings. The summed E-state index contributed by atoms with van der Waals surface area (Å²) in [6.07, 6.45) is 0. The van der Waals surface area contributed by atoms with E-state index in [2.05, 4.69) is 38.2 Å². The second kappa shape index (κ2) is 16.1. The standard InChI is InChI=1S/C42H33FO8/c1-24(2)39(44)48-33-19-15-30(16-20-33)29-12-9-28(10-13-29)11-14-32-23-35(50-41(46)26(5)6)36(38(37(32)43)51-42(47)27(7)8)31-17-21-34(22-18-31)49-40(45)25(3)4/h9-10,12-13,15-23H,1,3,5,7H2,2,4,6,8H3. The highest BCUT2D eigenvalue weighted by atomic mass is 19.1. The van der Waals surface area contributed by atoms with E-state index >= 15 is 4.39 Å². The van der Waals surface area contributed by atoms with E-state index < -0.39 is 35.4 Å². The van der Waals surface area contributed by atoms with Crippen LogP contribution in [0.25, 0.3) is 22.3 Å². The fraction of sp³-hybridized carbons (Fsp3) is 0.0952. The van der Waals surface area contributed by atoms with Crippen LogP contribution >= 0.6 is 0 Å². The topological polar surface area (TPSA) is 105 Å². The molecule has 0 amide bonds. The van der Waals surface area contributed by atoms with Crippen molar-refractivity contribution >= 4 is 23.9 Å². The zero-order valence-electron chi connectivity index (χ0n) is 28.5. The molecule has 0 N–H and O–H groups in total. The first-order chi connectivity index (χ1) is 24.1. The molecule has 0 heterocycles. The van der Waals surface area contributed by atoms with Gasteiger partial charge in [-0.05, 0) is 80.8 Å². The Morgan fingerprint density at radius 3 is 1.37 bits per heavy atom. The lowest BCUT2D eigenvalue weighted by molar-refractivity contribution is -0.131. The Morgan fingerprint density at radius 2 is 0.922 bits per heavy atom. The summed E-state index contributed by atoms with van der Waals surface area (Å²) in [5.41, 5.74) is 2.68. The maximum atomic E-state index is 16.3. The summed E-state index contributed by atoms with van der Waals surface area (Å²) >= 11 is 0. The van der Waals surface area contributed by atoms with E-state index in [-0.39, 0.29) is 50.5 Å². The monoisotopic (exact) mass is 684 g/mol. The molecule has 0 bridgehead atoms. The van der Waals surface area contributed by atoms with E-state index in [0.29, 0.717) is 11.3 Å². The quantitative estimate of drug-likeness (QED) is 0.0709. The maximum absolute atomic E-state index is 16.3. The lowest BCUT2D eigenvalue weighted by Gasteiger charge is -2.17. The van der Waals surface area contributed by atoms with Gasteiger partial charge in [-0.25, -0.2) is 23.6 Å². The molecular formula is C42H33FO8. The molecule has 0 saturated carbocycles. The zero-order valence-corrected chi connectivity index (χ0v) is 28.5. The first-order valence-corrected chi connectivity index (χ1v) is 15.3. The Morgan fingerprint density at radius 1 is 0.529 bits per heavy atom. The summed E-state index contributed by atoms with van der Waals surface area (Å²) in [6.45, 7) is 20.2. The second-order valence-electron chi connectivity index (χ2n) is 11.5. The lowest BCUT2D eigenvalue weighted by atomic mass is 9.99. The Bertz CT molecular complexity index is 2160. The van der Waals surface area contributed by atoms with Gasteiger partial charge in [0, 0.05) is 33.9 Å². The minimum Gasteiger partial charge on any atom is -0.423 e. The van der Waals surface area contributed by atoms with Crippen LogP contribution in [-0.4, -0.2) is 23.9 Å². The molecule has 9 heteroatoms. The van der Waals surface area contributed by atoms with Gasteiger partial charge in [-0.3, -0.25) is 0 Å². The molecule has 0 aliphatic carbocycles. The molecule has 51 heavy (non-hydrogen) atoms. The van der Waals surface area contributed by atoms with E-state index in [0.717, 1.165) is 11.1 Å². The van der Waals surface area contributed by atoms with Crippen LogP contribution in [0.15, 0.2) is 127 Å². The van der Waals surface area contributed by atoms with Crippen LogP contribution < -0.4 is 18.9 Å². The highest BCUT2D eigenvalue weighted by Gasteiger charge is 2.26. The molecule has 0 atom stereocenters. The molecule has 0 aliphatic rings. The van der Waals surface area contributed by atoms with E-state index in [1.54, 1.807) is 43.3 Å². The van der Waals surface area contributed by atoms with Gasteiger partial charge in [-0.2, -0.15) is 0 Å². The van der Waals surface area contributed by atoms with Crippen molar-refractivity contribution in [3.05, 3.63) is 144 Å². The first kappa shape index (κ1) is 37.0. The number of hydrogen-bond acceptors (Lipinski definition) is 8. The average molecular weight is 685 g/mol. The van der Waals surface area contributed by atoms with Gasteiger partial charge in [0.15, 0.2) is 11.6 Å². The number of esters is 4. The number of ether oxygens (including phenoxy) is 4. The number of carbonyl (C=O) groups is 4. The summed E-state index contributed by atoms with van der Waals surface area (Å²) in [5.74, 6) is 1.57. The molecule has 0 spiro atoms. The number of halogens is 1. The van der Waals surface area contributed by atoms with Gasteiger partial charge in [-0.1, -0.05) is 74.6 Å². The molecule has 0 aromatic heterocycles. The summed E-state index contributed by atoms with van der Waals surface area (Å²) in [5, 5.41) is 0. The fourth-order valence-electron chi connectivity index (χ4n) is 4.20. The Balaban J connectivity index is 1.76. The normalized spacial score (nSPS) is 10.1. The smallest absolute Gasteiger partial charge is 0.338 e. The van der Waals surface area contributed by atoms with Crippen LogP contribution in [0.5, 0.6) is 23.0 Å². The SMILES string of the molecule is C=C(C)C(=O)Oc1ccc(-c2ccc(C#Cc3cc(OC(=O)C(=C)C)c(-c4ccc(OC(=O)C(=C)C)cc4)c(OC(=O)C(=C)C)c3F)cc2)cc1. The number of hydrogen-bond donors (Lipinski definition) is 0. The van der Waals surface area contributed by atoms with Crippen LogP contribution in [0, 0.1) is 17.7 Å². The summed E-state index contributed by atoms with van der Waals surface area (Å²) < 4.78 is 37.9. The van der Waals surface area contributed by atoms with Crippen LogP contribution in [0.2, 0.25) is 0 Å². The summed E-state index contributed by atoms with van der Waals surface area (Å²) in [6, 6.07) is 21.1. The van der Waals surface area contributed by atoms with Crippen molar-refractivity contribution in [3.63, 3.8) is 0 Å². The molecule has 0 aliphatic heterocycles. The zero-order chi connectivity index (χ0) is 37.4. The third-order valence-corrected chi connectivity index (χ3v) is 6.95. The van der Waals surface area contributed by atoms with Crippen molar-refractivity contribution in [2.45, 2.75) is 27.7 Å². The van der Waals surface area contributed by atoms with Crippen LogP contribution in [0.1, 0.15) is 38.8 Å². The molecule has 4 rings (SSSR count). The molecule has 0 radical (unpaired) electrons. The summed E-state index contributed by atoms with van der Waals surface area (Å²) in [4.78, 5) is 49.2. The Hall–Kier alpha value is -6.79. The highest BCUT2D eigenvalue weighted by Crippen LogP contribution is 2.43. The molecule has 256 valence electrons. The van der Waals surface area contributed by atoms with E-state index in [4.69, 9.17) is 18.9 Å². The van der Waals surface area contributed by atoms with E-state index in [1.807, 2.05) is 12.1 Å². The van der Waals surface area contributed by atoms with E-state index in [1.165, 1.54) is 51.1 Å². The number of carbonyl (C=O) groups excluding carboxylic acids is 4. The average Bonchev–Trinajstić information content (AvgIpc) is 3.09. The van der Waals surface area contributed by atoms with Gasteiger partial charge in [-0.15, -0.1) is 0 Å². The molecular weight excluding hydrogens is 651 g/mol.